The molecule has 1 aromatic heterocycles. The summed E-state index contributed by atoms with van der Waals surface area (Å²) < 4.78 is 3.04. The fourth-order valence-electron chi connectivity index (χ4n) is 1.64. The van der Waals surface area contributed by atoms with Gasteiger partial charge in [0, 0.05) is 16.6 Å². The van der Waals surface area contributed by atoms with E-state index in [1.807, 2.05) is 28.8 Å². The van der Waals surface area contributed by atoms with E-state index < -0.39 is 0 Å². The van der Waals surface area contributed by atoms with E-state index in [2.05, 4.69) is 27.8 Å². The average molecular weight is 280 g/mol. The molecule has 0 unspecified atom stereocenters. The van der Waals surface area contributed by atoms with Gasteiger partial charge < -0.3 is 10.3 Å². The molecule has 0 bridgehead atoms. The molecule has 0 radical (unpaired) electrons. The zero-order valence-corrected chi connectivity index (χ0v) is 10.7. The van der Waals surface area contributed by atoms with E-state index in [-0.39, 0.29) is 0 Å². The Hall–Kier alpha value is -1.29. The number of nitrogen functional groups attached to an aromatic ring is 1. The molecule has 0 amide bonds. The third kappa shape index (κ3) is 2.11. The minimum absolute atomic E-state index is 0.740. The van der Waals surface area contributed by atoms with Crippen LogP contribution in [0, 0.1) is 0 Å². The highest BCUT2D eigenvalue weighted by Crippen LogP contribution is 2.25. The maximum atomic E-state index is 6.05. The van der Waals surface area contributed by atoms with Crippen LogP contribution >= 0.6 is 15.9 Å². The van der Waals surface area contributed by atoms with Crippen LogP contribution in [0.3, 0.4) is 0 Å². The molecule has 0 aliphatic rings. The number of anilines is 1. The monoisotopic (exact) mass is 279 g/mol. The van der Waals surface area contributed by atoms with E-state index >= 15 is 0 Å². The largest absolute Gasteiger partial charge is 0.383 e. The van der Waals surface area contributed by atoms with E-state index in [0.717, 1.165) is 34.5 Å². The predicted molar refractivity (Wildman–Crippen MR) is 70.1 cm³/mol. The Balaban J connectivity index is 2.37. The molecule has 0 aliphatic heterocycles. The van der Waals surface area contributed by atoms with Crippen molar-refractivity contribution in [3.8, 4) is 11.3 Å². The highest BCUT2D eigenvalue weighted by Gasteiger charge is 2.08. The maximum absolute atomic E-state index is 6.05. The van der Waals surface area contributed by atoms with Gasteiger partial charge in [-0.15, -0.1) is 0 Å². The number of hydrogen-bond donors (Lipinski definition) is 1. The van der Waals surface area contributed by atoms with Gasteiger partial charge in [-0.2, -0.15) is 0 Å². The quantitative estimate of drug-likeness (QED) is 0.937. The normalized spacial score (nSPS) is 10.6. The number of benzene rings is 1. The number of hydrogen-bond acceptors (Lipinski definition) is 2. The van der Waals surface area contributed by atoms with Crippen LogP contribution in [0.1, 0.15) is 13.3 Å². The van der Waals surface area contributed by atoms with Gasteiger partial charge in [0.25, 0.3) is 0 Å². The van der Waals surface area contributed by atoms with Gasteiger partial charge in [0.05, 0.1) is 6.33 Å². The molecule has 2 rings (SSSR count). The molecule has 16 heavy (non-hydrogen) atoms. The fraction of sp³-hybridized carbons (Fsp3) is 0.250. The van der Waals surface area contributed by atoms with Crippen molar-refractivity contribution in [3.63, 3.8) is 0 Å². The van der Waals surface area contributed by atoms with Crippen LogP contribution in [0.25, 0.3) is 11.3 Å². The molecule has 1 aromatic carbocycles. The summed E-state index contributed by atoms with van der Waals surface area (Å²) >= 11 is 3.41. The SMILES string of the molecule is CCCn1cnc(-c2ccc(Br)cc2)c1N. The van der Waals surface area contributed by atoms with Crippen molar-refractivity contribution in [3.05, 3.63) is 35.1 Å². The lowest BCUT2D eigenvalue weighted by Crippen LogP contribution is -2.01. The Morgan fingerprint density at radius 1 is 1.31 bits per heavy atom. The summed E-state index contributed by atoms with van der Waals surface area (Å²) in [4.78, 5) is 4.36. The maximum Gasteiger partial charge on any atom is 0.131 e. The molecule has 3 nitrogen and oxygen atoms in total. The van der Waals surface area contributed by atoms with Crippen LogP contribution in [-0.2, 0) is 6.54 Å². The number of nitrogens with zero attached hydrogens (tertiary/aromatic N) is 2. The van der Waals surface area contributed by atoms with Gasteiger partial charge in [0.2, 0.25) is 0 Å². The first-order valence-corrected chi connectivity index (χ1v) is 6.08. The summed E-state index contributed by atoms with van der Waals surface area (Å²) in [6, 6.07) is 8.01. The number of halogens is 1. The van der Waals surface area contributed by atoms with E-state index in [1.54, 1.807) is 6.33 Å². The second kappa shape index (κ2) is 4.70. The van der Waals surface area contributed by atoms with E-state index in [9.17, 15) is 0 Å². The third-order valence-electron chi connectivity index (χ3n) is 2.46. The summed E-state index contributed by atoms with van der Waals surface area (Å²) in [7, 11) is 0. The molecule has 2 N–H and O–H groups in total. The molecule has 0 atom stereocenters. The summed E-state index contributed by atoms with van der Waals surface area (Å²) in [5.41, 5.74) is 7.96. The molecule has 0 fully saturated rings. The molecule has 0 saturated carbocycles. The van der Waals surface area contributed by atoms with Crippen LogP contribution in [0.4, 0.5) is 5.82 Å². The molecular weight excluding hydrogens is 266 g/mol. The van der Waals surface area contributed by atoms with Crippen LogP contribution < -0.4 is 5.73 Å². The van der Waals surface area contributed by atoms with Gasteiger partial charge in [-0.05, 0) is 18.6 Å². The summed E-state index contributed by atoms with van der Waals surface area (Å²) in [6.07, 6.45) is 2.86. The summed E-state index contributed by atoms with van der Waals surface area (Å²) in [5.74, 6) is 0.740. The van der Waals surface area contributed by atoms with Gasteiger partial charge in [-0.1, -0.05) is 35.0 Å². The summed E-state index contributed by atoms with van der Waals surface area (Å²) in [6.45, 7) is 3.04. The van der Waals surface area contributed by atoms with Gasteiger partial charge in [0.15, 0.2) is 0 Å². The molecule has 1 heterocycles. The van der Waals surface area contributed by atoms with Crippen molar-refractivity contribution in [2.45, 2.75) is 19.9 Å². The number of aryl methyl sites for hydroxylation is 1. The van der Waals surface area contributed by atoms with Crippen molar-refractivity contribution in [1.82, 2.24) is 9.55 Å². The second-order valence-electron chi connectivity index (χ2n) is 3.68. The van der Waals surface area contributed by atoms with Crippen molar-refractivity contribution in [1.29, 1.82) is 0 Å². The number of imidazole rings is 1. The van der Waals surface area contributed by atoms with Crippen molar-refractivity contribution >= 4 is 21.7 Å². The van der Waals surface area contributed by atoms with Crippen LogP contribution in [-0.4, -0.2) is 9.55 Å². The highest BCUT2D eigenvalue weighted by molar-refractivity contribution is 9.10. The molecule has 0 aliphatic carbocycles. The number of nitrogens with two attached hydrogens (primary N) is 1. The number of aromatic nitrogens is 2. The Labute approximate surface area is 103 Å². The zero-order chi connectivity index (χ0) is 11.5. The Morgan fingerprint density at radius 3 is 2.62 bits per heavy atom. The van der Waals surface area contributed by atoms with Crippen molar-refractivity contribution in [2.24, 2.45) is 0 Å². The minimum Gasteiger partial charge on any atom is -0.383 e. The molecule has 0 spiro atoms. The van der Waals surface area contributed by atoms with Crippen LogP contribution in [0.5, 0.6) is 0 Å². The van der Waals surface area contributed by atoms with E-state index in [0.29, 0.717) is 0 Å². The molecule has 84 valence electrons. The average Bonchev–Trinajstić information content (AvgIpc) is 2.63. The molecule has 4 heteroatoms. The minimum atomic E-state index is 0.740. The van der Waals surface area contributed by atoms with Gasteiger partial charge in [-0.25, -0.2) is 4.98 Å². The first kappa shape index (κ1) is 11.2. The Morgan fingerprint density at radius 2 is 2.00 bits per heavy atom. The van der Waals surface area contributed by atoms with Crippen LogP contribution in [0.2, 0.25) is 0 Å². The highest BCUT2D eigenvalue weighted by atomic mass is 79.9. The fourth-order valence-corrected chi connectivity index (χ4v) is 1.91. The first-order chi connectivity index (χ1) is 7.72. The van der Waals surface area contributed by atoms with E-state index in [4.69, 9.17) is 5.73 Å². The molecule has 2 aromatic rings. The van der Waals surface area contributed by atoms with E-state index in [1.165, 1.54) is 0 Å². The van der Waals surface area contributed by atoms with Crippen LogP contribution in [0.15, 0.2) is 35.1 Å². The predicted octanol–water partition coefficient (Wildman–Crippen LogP) is 3.30. The lowest BCUT2D eigenvalue weighted by Gasteiger charge is -2.03. The first-order valence-electron chi connectivity index (χ1n) is 5.29. The smallest absolute Gasteiger partial charge is 0.131 e. The van der Waals surface area contributed by atoms with Gasteiger partial charge in [0.1, 0.15) is 11.5 Å². The number of rotatable bonds is 3. The summed E-state index contributed by atoms with van der Waals surface area (Å²) in [5, 5.41) is 0. The van der Waals surface area contributed by atoms with Gasteiger partial charge >= 0.3 is 0 Å². The second-order valence-corrected chi connectivity index (χ2v) is 4.59. The Kier molecular flexibility index (Phi) is 3.29. The molecule has 0 saturated heterocycles. The topological polar surface area (TPSA) is 43.8 Å². The third-order valence-corrected chi connectivity index (χ3v) is 2.99. The lowest BCUT2D eigenvalue weighted by molar-refractivity contribution is 0.686. The molecular formula is C12H14BrN3. The van der Waals surface area contributed by atoms with Crippen molar-refractivity contribution < 1.29 is 0 Å². The van der Waals surface area contributed by atoms with Gasteiger partial charge in [-0.3, -0.25) is 0 Å². The standard InChI is InChI=1S/C12H14BrN3/c1-2-7-16-8-15-11(12(16)14)9-3-5-10(13)6-4-9/h3-6,8H,2,7,14H2,1H3. The lowest BCUT2D eigenvalue weighted by atomic mass is 10.1. The Bertz CT molecular complexity index is 474. The van der Waals surface area contributed by atoms with Crippen molar-refractivity contribution in [2.75, 3.05) is 5.73 Å². The zero-order valence-electron chi connectivity index (χ0n) is 9.15.